The van der Waals surface area contributed by atoms with Crippen molar-refractivity contribution in [3.63, 3.8) is 0 Å². The van der Waals surface area contributed by atoms with Crippen LogP contribution in [0.5, 0.6) is 5.75 Å². The number of aromatic nitrogens is 2. The Bertz CT molecular complexity index is 726. The molecule has 0 aliphatic rings. The number of nitrogens with zero attached hydrogens (tertiary/aromatic N) is 2. The van der Waals surface area contributed by atoms with Gasteiger partial charge < -0.3 is 4.74 Å². The number of benzene rings is 2. The molecule has 1 aromatic heterocycles. The average Bonchev–Trinajstić information content (AvgIpc) is 2.46. The fourth-order valence-corrected chi connectivity index (χ4v) is 2.23. The van der Waals surface area contributed by atoms with Crippen molar-refractivity contribution in [2.24, 2.45) is 0 Å². The van der Waals surface area contributed by atoms with Crippen LogP contribution < -0.4 is 4.74 Å². The summed E-state index contributed by atoms with van der Waals surface area (Å²) in [7, 11) is 1.66. The van der Waals surface area contributed by atoms with Crippen LogP contribution in [0.25, 0.3) is 22.3 Å². The minimum absolute atomic E-state index is 0.834. The zero-order valence-electron chi connectivity index (χ0n) is 10.3. The molecule has 0 fully saturated rings. The van der Waals surface area contributed by atoms with Crippen LogP contribution in [0, 0.1) is 0 Å². The van der Waals surface area contributed by atoms with Crippen molar-refractivity contribution in [2.75, 3.05) is 7.11 Å². The van der Waals surface area contributed by atoms with Gasteiger partial charge in [-0.3, -0.25) is 4.98 Å². The Labute approximate surface area is 119 Å². The second-order valence-corrected chi connectivity index (χ2v) is 5.03. The molecule has 0 saturated heterocycles. The molecule has 0 saturated carbocycles. The summed E-state index contributed by atoms with van der Waals surface area (Å²) in [5.41, 5.74) is 3.64. The van der Waals surface area contributed by atoms with Gasteiger partial charge in [0.1, 0.15) is 5.75 Å². The Kier molecular flexibility index (Phi) is 3.17. The smallest absolute Gasteiger partial charge is 0.118 e. The van der Waals surface area contributed by atoms with Crippen LogP contribution in [0.4, 0.5) is 0 Å². The number of hydrogen-bond donors (Lipinski definition) is 0. The quantitative estimate of drug-likeness (QED) is 0.715. The lowest BCUT2D eigenvalue weighted by atomic mass is 10.1. The van der Waals surface area contributed by atoms with E-state index in [9.17, 15) is 0 Å². The van der Waals surface area contributed by atoms with Crippen LogP contribution in [0.3, 0.4) is 0 Å². The van der Waals surface area contributed by atoms with Crippen LogP contribution in [-0.4, -0.2) is 17.1 Å². The molecule has 0 amide bonds. The van der Waals surface area contributed by atoms with Crippen molar-refractivity contribution in [1.82, 2.24) is 9.97 Å². The van der Waals surface area contributed by atoms with Crippen LogP contribution in [0.2, 0.25) is 0 Å². The Balaban J connectivity index is 2.08. The highest BCUT2D eigenvalue weighted by atomic mass is 79.9. The van der Waals surface area contributed by atoms with Crippen molar-refractivity contribution in [3.05, 3.63) is 53.1 Å². The van der Waals surface area contributed by atoms with Crippen LogP contribution >= 0.6 is 15.9 Å². The van der Waals surface area contributed by atoms with Crippen molar-refractivity contribution in [1.29, 1.82) is 0 Å². The predicted molar refractivity (Wildman–Crippen MR) is 79.2 cm³/mol. The third-order valence-electron chi connectivity index (χ3n) is 2.89. The van der Waals surface area contributed by atoms with Crippen LogP contribution in [-0.2, 0) is 0 Å². The molecular weight excluding hydrogens is 304 g/mol. The molecule has 0 spiro atoms. The largest absolute Gasteiger partial charge is 0.497 e. The number of halogens is 1. The molecule has 0 aliphatic carbocycles. The second-order valence-electron chi connectivity index (χ2n) is 4.12. The summed E-state index contributed by atoms with van der Waals surface area (Å²) < 4.78 is 6.15. The SMILES string of the molecule is COc1ccc(-c2cnc3ccc(Br)cc3n2)cc1. The molecule has 3 nitrogen and oxygen atoms in total. The molecule has 1 heterocycles. The Morgan fingerprint density at radius 1 is 1.00 bits per heavy atom. The zero-order valence-corrected chi connectivity index (χ0v) is 11.9. The van der Waals surface area contributed by atoms with Gasteiger partial charge in [-0.25, -0.2) is 4.98 Å². The van der Waals surface area contributed by atoms with Crippen molar-refractivity contribution < 1.29 is 4.74 Å². The molecule has 0 N–H and O–H groups in total. The summed E-state index contributed by atoms with van der Waals surface area (Å²) >= 11 is 3.45. The number of ether oxygens (including phenoxy) is 1. The fraction of sp³-hybridized carbons (Fsp3) is 0.0667. The predicted octanol–water partition coefficient (Wildman–Crippen LogP) is 4.07. The van der Waals surface area contributed by atoms with Crippen molar-refractivity contribution in [2.45, 2.75) is 0 Å². The Morgan fingerprint density at radius 2 is 1.79 bits per heavy atom. The minimum Gasteiger partial charge on any atom is -0.497 e. The summed E-state index contributed by atoms with van der Waals surface area (Å²) in [5, 5.41) is 0. The van der Waals surface area contributed by atoms with E-state index >= 15 is 0 Å². The molecule has 0 atom stereocenters. The van der Waals surface area contributed by atoms with Gasteiger partial charge in [0.15, 0.2) is 0 Å². The number of rotatable bonds is 2. The maximum absolute atomic E-state index is 5.15. The summed E-state index contributed by atoms with van der Waals surface area (Å²) in [4.78, 5) is 9.06. The lowest BCUT2D eigenvalue weighted by Crippen LogP contribution is -1.89. The van der Waals surface area contributed by atoms with E-state index in [1.807, 2.05) is 42.5 Å². The van der Waals surface area contributed by atoms with Gasteiger partial charge in [-0.1, -0.05) is 15.9 Å². The Morgan fingerprint density at radius 3 is 2.53 bits per heavy atom. The monoisotopic (exact) mass is 314 g/mol. The average molecular weight is 315 g/mol. The van der Waals surface area contributed by atoms with Crippen LogP contribution in [0.1, 0.15) is 0 Å². The molecule has 3 rings (SSSR count). The normalized spacial score (nSPS) is 10.6. The summed E-state index contributed by atoms with van der Waals surface area (Å²) in [6.07, 6.45) is 1.79. The first-order valence-electron chi connectivity index (χ1n) is 5.83. The van der Waals surface area contributed by atoms with E-state index in [0.29, 0.717) is 0 Å². The first-order valence-corrected chi connectivity index (χ1v) is 6.62. The number of methoxy groups -OCH3 is 1. The molecule has 94 valence electrons. The number of fused-ring (bicyclic) bond motifs is 1. The topological polar surface area (TPSA) is 35.0 Å². The Hall–Kier alpha value is -1.94. The van der Waals surface area contributed by atoms with E-state index in [4.69, 9.17) is 4.74 Å². The molecule has 0 bridgehead atoms. The highest BCUT2D eigenvalue weighted by Gasteiger charge is 2.03. The van der Waals surface area contributed by atoms with Gasteiger partial charge in [0.05, 0.1) is 30.0 Å². The van der Waals surface area contributed by atoms with Gasteiger partial charge in [-0.05, 0) is 42.5 Å². The van der Waals surface area contributed by atoms with E-state index in [0.717, 1.165) is 32.5 Å². The zero-order chi connectivity index (χ0) is 13.2. The van der Waals surface area contributed by atoms with Gasteiger partial charge in [-0.2, -0.15) is 0 Å². The maximum Gasteiger partial charge on any atom is 0.118 e. The van der Waals surface area contributed by atoms with Gasteiger partial charge in [0.25, 0.3) is 0 Å². The molecule has 4 heteroatoms. The van der Waals surface area contributed by atoms with Gasteiger partial charge in [0, 0.05) is 10.0 Å². The molecular formula is C15H11BrN2O. The minimum atomic E-state index is 0.834. The molecule has 0 radical (unpaired) electrons. The van der Waals surface area contributed by atoms with Crippen molar-refractivity contribution >= 4 is 27.0 Å². The molecule has 19 heavy (non-hydrogen) atoms. The van der Waals surface area contributed by atoms with E-state index in [1.54, 1.807) is 13.3 Å². The van der Waals surface area contributed by atoms with Crippen LogP contribution in [0.15, 0.2) is 53.1 Å². The summed E-state index contributed by atoms with van der Waals surface area (Å²) in [6.45, 7) is 0. The fourth-order valence-electron chi connectivity index (χ4n) is 1.89. The molecule has 3 aromatic rings. The number of hydrogen-bond acceptors (Lipinski definition) is 3. The molecule has 0 unspecified atom stereocenters. The first-order chi connectivity index (χ1) is 9.26. The summed E-state index contributed by atoms with van der Waals surface area (Å²) in [6, 6.07) is 13.7. The highest BCUT2D eigenvalue weighted by Crippen LogP contribution is 2.23. The van der Waals surface area contributed by atoms with E-state index < -0.39 is 0 Å². The third-order valence-corrected chi connectivity index (χ3v) is 3.38. The summed E-state index contributed by atoms with van der Waals surface area (Å²) in [5.74, 6) is 0.834. The van der Waals surface area contributed by atoms with E-state index in [1.165, 1.54) is 0 Å². The van der Waals surface area contributed by atoms with E-state index in [-0.39, 0.29) is 0 Å². The lowest BCUT2D eigenvalue weighted by molar-refractivity contribution is 0.415. The second kappa shape index (κ2) is 4.97. The third kappa shape index (κ3) is 2.44. The lowest BCUT2D eigenvalue weighted by Gasteiger charge is -2.04. The molecule has 2 aromatic carbocycles. The highest BCUT2D eigenvalue weighted by molar-refractivity contribution is 9.10. The van der Waals surface area contributed by atoms with Crippen molar-refractivity contribution in [3.8, 4) is 17.0 Å². The van der Waals surface area contributed by atoms with E-state index in [2.05, 4.69) is 25.9 Å². The van der Waals surface area contributed by atoms with Gasteiger partial charge >= 0.3 is 0 Å². The van der Waals surface area contributed by atoms with Gasteiger partial charge in [0.2, 0.25) is 0 Å². The maximum atomic E-state index is 5.15. The first kappa shape index (κ1) is 12.1. The molecule has 0 aliphatic heterocycles. The van der Waals surface area contributed by atoms with Gasteiger partial charge in [-0.15, -0.1) is 0 Å². The standard InChI is InChI=1S/C15H11BrN2O/c1-19-12-5-2-10(3-6-12)15-9-17-13-7-4-11(16)8-14(13)18-15/h2-9H,1H3.